The van der Waals surface area contributed by atoms with Gasteiger partial charge in [0.25, 0.3) is 0 Å². The van der Waals surface area contributed by atoms with Crippen LogP contribution in [0.5, 0.6) is 11.5 Å². The van der Waals surface area contributed by atoms with Gasteiger partial charge in [-0.15, -0.1) is 0 Å². The van der Waals surface area contributed by atoms with Gasteiger partial charge in [0.15, 0.2) is 11.5 Å². The first kappa shape index (κ1) is 25.3. The van der Waals surface area contributed by atoms with Gasteiger partial charge in [0.1, 0.15) is 6.61 Å². The lowest BCUT2D eigenvalue weighted by Gasteiger charge is -2.37. The number of hydrogen-bond donors (Lipinski definition) is 1. The second kappa shape index (κ2) is 11.0. The number of aliphatic imine (C=N–C) groups is 1. The maximum atomic E-state index is 6.26. The number of allylic oxidation sites excluding steroid dienone is 2. The molecule has 4 nitrogen and oxygen atoms in total. The van der Waals surface area contributed by atoms with E-state index in [0.29, 0.717) is 35.0 Å². The number of nitrogens with one attached hydrogen (secondary N) is 1. The molecule has 1 aliphatic carbocycles. The van der Waals surface area contributed by atoms with Gasteiger partial charge in [0.2, 0.25) is 0 Å². The molecule has 0 aromatic heterocycles. The summed E-state index contributed by atoms with van der Waals surface area (Å²) in [7, 11) is 1.64. The number of aryl methyl sites for hydroxylation is 1. The summed E-state index contributed by atoms with van der Waals surface area (Å²) in [6.45, 7) is 2.54. The van der Waals surface area contributed by atoms with Crippen molar-refractivity contribution in [1.29, 1.82) is 0 Å². The maximum absolute atomic E-state index is 6.26. The molecule has 4 aromatic rings. The molecule has 1 N–H and O–H groups in total. The van der Waals surface area contributed by atoms with E-state index in [2.05, 4.69) is 66.9 Å². The van der Waals surface area contributed by atoms with E-state index in [1.807, 2.05) is 48.7 Å². The van der Waals surface area contributed by atoms with Crippen LogP contribution in [0.1, 0.15) is 46.2 Å². The molecule has 1 heterocycles. The highest BCUT2D eigenvalue weighted by Gasteiger charge is 2.37. The number of rotatable bonds is 7. The molecule has 196 valence electrons. The highest BCUT2D eigenvalue weighted by atomic mass is 35.5. The van der Waals surface area contributed by atoms with Crippen LogP contribution in [0.2, 0.25) is 5.02 Å². The fourth-order valence-electron chi connectivity index (χ4n) is 5.62. The number of benzene rings is 4. The van der Waals surface area contributed by atoms with Gasteiger partial charge in [0, 0.05) is 28.4 Å². The fourth-order valence-corrected chi connectivity index (χ4v) is 5.81. The van der Waals surface area contributed by atoms with Crippen molar-refractivity contribution in [1.82, 2.24) is 0 Å². The van der Waals surface area contributed by atoms with Crippen molar-refractivity contribution in [2.24, 2.45) is 10.9 Å². The standard InChI is InChI=1S/C34H31ClN2O2/c1-22-10-16-31-29(18-22)27-7-5-8-28(27)34(37-31)24-12-14-26(15-13-24)36-20-23-11-17-32(33(19-23)38-2)39-21-25-6-3-4-9-30(25)35/h3-7,9-20,27-28,34,37H,8,21H2,1-2H3/t27-,28-,34+/m1/s1. The summed E-state index contributed by atoms with van der Waals surface area (Å²) >= 11 is 6.26. The topological polar surface area (TPSA) is 42.8 Å². The predicted octanol–water partition coefficient (Wildman–Crippen LogP) is 8.81. The lowest BCUT2D eigenvalue weighted by atomic mass is 9.76. The third kappa shape index (κ3) is 5.30. The molecule has 5 heteroatoms. The molecule has 0 radical (unpaired) electrons. The Morgan fingerprint density at radius 1 is 0.974 bits per heavy atom. The Hall–Kier alpha value is -4.02. The van der Waals surface area contributed by atoms with Crippen LogP contribution in [0, 0.1) is 12.8 Å². The first-order valence-corrected chi connectivity index (χ1v) is 13.7. The molecule has 0 fully saturated rings. The summed E-state index contributed by atoms with van der Waals surface area (Å²) in [5.41, 5.74) is 8.03. The minimum Gasteiger partial charge on any atom is -0.493 e. The molecule has 39 heavy (non-hydrogen) atoms. The third-order valence-corrected chi connectivity index (χ3v) is 8.03. The second-order valence-corrected chi connectivity index (χ2v) is 10.6. The first-order valence-electron chi connectivity index (χ1n) is 13.3. The average molecular weight is 535 g/mol. The minimum absolute atomic E-state index is 0.279. The molecule has 6 rings (SSSR count). The number of hydrogen-bond acceptors (Lipinski definition) is 4. The summed E-state index contributed by atoms with van der Waals surface area (Å²) < 4.78 is 11.6. The lowest BCUT2D eigenvalue weighted by Crippen LogP contribution is -2.29. The fraction of sp³-hybridized carbons (Fsp3) is 0.206. The summed E-state index contributed by atoms with van der Waals surface area (Å²) in [5.74, 6) is 2.31. The number of ether oxygens (including phenoxy) is 2. The van der Waals surface area contributed by atoms with Crippen molar-refractivity contribution in [3.8, 4) is 11.5 Å². The Balaban J connectivity index is 1.15. The Bertz CT molecular complexity index is 1540. The van der Waals surface area contributed by atoms with Crippen LogP contribution in [0.3, 0.4) is 0 Å². The molecule has 0 saturated carbocycles. The Labute approximate surface area is 235 Å². The van der Waals surface area contributed by atoms with Crippen LogP contribution in [0.4, 0.5) is 11.4 Å². The monoisotopic (exact) mass is 534 g/mol. The van der Waals surface area contributed by atoms with Crippen molar-refractivity contribution in [3.63, 3.8) is 0 Å². The number of nitrogens with zero attached hydrogens (tertiary/aromatic N) is 1. The molecule has 4 aromatic carbocycles. The van der Waals surface area contributed by atoms with Crippen molar-refractivity contribution < 1.29 is 9.47 Å². The molecule has 2 aliphatic rings. The van der Waals surface area contributed by atoms with Gasteiger partial charge in [-0.1, -0.05) is 71.8 Å². The number of anilines is 1. The smallest absolute Gasteiger partial charge is 0.161 e. The molecule has 0 bridgehead atoms. The Morgan fingerprint density at radius 3 is 2.64 bits per heavy atom. The van der Waals surface area contributed by atoms with Gasteiger partial charge in [-0.2, -0.15) is 0 Å². The average Bonchev–Trinajstić information content (AvgIpc) is 3.46. The molecule has 0 spiro atoms. The molecule has 3 atom stereocenters. The normalized spacial score (nSPS) is 19.4. The van der Waals surface area contributed by atoms with E-state index in [1.54, 1.807) is 7.11 Å². The van der Waals surface area contributed by atoms with Crippen LogP contribution >= 0.6 is 11.6 Å². The number of halogens is 1. The molecule has 1 aliphatic heterocycles. The SMILES string of the molecule is COc1cc(C=Nc2ccc([C@@H]3Nc4ccc(C)cc4[C@@H]4C=CC[C@H]43)cc2)ccc1OCc1ccccc1Cl. The largest absolute Gasteiger partial charge is 0.493 e. The van der Waals surface area contributed by atoms with Crippen LogP contribution in [-0.2, 0) is 6.61 Å². The zero-order valence-electron chi connectivity index (χ0n) is 22.1. The lowest BCUT2D eigenvalue weighted by molar-refractivity contribution is 0.284. The summed E-state index contributed by atoms with van der Waals surface area (Å²) in [5, 5.41) is 4.50. The number of fused-ring (bicyclic) bond motifs is 3. The highest BCUT2D eigenvalue weighted by Crippen LogP contribution is 2.50. The minimum atomic E-state index is 0.279. The second-order valence-electron chi connectivity index (χ2n) is 10.2. The van der Waals surface area contributed by atoms with Crippen molar-refractivity contribution in [3.05, 3.63) is 130 Å². The van der Waals surface area contributed by atoms with E-state index in [4.69, 9.17) is 26.1 Å². The molecule has 0 saturated heterocycles. The van der Waals surface area contributed by atoms with E-state index >= 15 is 0 Å². The van der Waals surface area contributed by atoms with Gasteiger partial charge in [-0.05, 0) is 78.4 Å². The van der Waals surface area contributed by atoms with Gasteiger partial charge in [0.05, 0.1) is 18.8 Å². The Morgan fingerprint density at radius 2 is 1.82 bits per heavy atom. The van der Waals surface area contributed by atoms with E-state index < -0.39 is 0 Å². The maximum Gasteiger partial charge on any atom is 0.161 e. The molecule has 0 amide bonds. The highest BCUT2D eigenvalue weighted by molar-refractivity contribution is 6.31. The van der Waals surface area contributed by atoms with Crippen LogP contribution in [0.25, 0.3) is 0 Å². The van der Waals surface area contributed by atoms with Gasteiger partial charge in [-0.3, -0.25) is 4.99 Å². The van der Waals surface area contributed by atoms with E-state index in [9.17, 15) is 0 Å². The molecule has 0 unspecified atom stereocenters. The Kier molecular flexibility index (Phi) is 7.12. The summed E-state index contributed by atoms with van der Waals surface area (Å²) in [4.78, 5) is 4.71. The van der Waals surface area contributed by atoms with Crippen molar-refractivity contribution >= 4 is 29.2 Å². The van der Waals surface area contributed by atoms with Gasteiger partial charge in [-0.25, -0.2) is 0 Å². The van der Waals surface area contributed by atoms with Crippen molar-refractivity contribution in [2.45, 2.75) is 31.9 Å². The molecular weight excluding hydrogens is 504 g/mol. The van der Waals surface area contributed by atoms with Crippen molar-refractivity contribution in [2.75, 3.05) is 12.4 Å². The van der Waals surface area contributed by atoms with E-state index in [1.165, 1.54) is 22.4 Å². The van der Waals surface area contributed by atoms with E-state index in [0.717, 1.165) is 23.2 Å². The first-order chi connectivity index (χ1) is 19.1. The zero-order chi connectivity index (χ0) is 26.8. The molecular formula is C34H31ClN2O2. The quantitative estimate of drug-likeness (QED) is 0.190. The number of methoxy groups -OCH3 is 1. The summed E-state index contributed by atoms with van der Waals surface area (Å²) in [6.07, 6.45) is 7.66. The van der Waals surface area contributed by atoms with Gasteiger partial charge >= 0.3 is 0 Å². The van der Waals surface area contributed by atoms with Crippen LogP contribution in [-0.4, -0.2) is 13.3 Å². The summed E-state index contributed by atoms with van der Waals surface area (Å²) in [6, 6.07) is 29.1. The third-order valence-electron chi connectivity index (χ3n) is 7.66. The van der Waals surface area contributed by atoms with E-state index in [-0.39, 0.29) is 6.04 Å². The van der Waals surface area contributed by atoms with Gasteiger partial charge < -0.3 is 14.8 Å². The van der Waals surface area contributed by atoms with Crippen LogP contribution < -0.4 is 14.8 Å². The van der Waals surface area contributed by atoms with Crippen LogP contribution in [0.15, 0.2) is 102 Å². The predicted molar refractivity (Wildman–Crippen MR) is 160 cm³/mol. The zero-order valence-corrected chi connectivity index (χ0v) is 22.9.